The lowest BCUT2D eigenvalue weighted by atomic mass is 10.0. The highest BCUT2D eigenvalue weighted by Crippen LogP contribution is 2.33. The molecule has 0 aliphatic carbocycles. The number of nitrogens with one attached hydrogen (secondary N) is 2. The zero-order valence-corrected chi connectivity index (χ0v) is 27.7. The zero-order valence-electron chi connectivity index (χ0n) is 26.2. The highest BCUT2D eigenvalue weighted by molar-refractivity contribution is 6.33. The van der Waals surface area contributed by atoms with E-state index in [1.54, 1.807) is 24.3 Å². The predicted molar refractivity (Wildman–Crippen MR) is 191 cm³/mol. The molecule has 0 fully saturated rings. The second-order valence-corrected chi connectivity index (χ2v) is 12.1. The summed E-state index contributed by atoms with van der Waals surface area (Å²) >= 11 is 12.6. The summed E-state index contributed by atoms with van der Waals surface area (Å²) in [6.07, 6.45) is 2.95. The van der Waals surface area contributed by atoms with E-state index in [9.17, 15) is 17.6 Å². The van der Waals surface area contributed by atoms with Crippen LogP contribution in [0.4, 0.5) is 23.4 Å². The van der Waals surface area contributed by atoms with E-state index in [1.165, 1.54) is 12.7 Å². The van der Waals surface area contributed by atoms with Crippen LogP contribution in [-0.4, -0.2) is 29.9 Å². The molecule has 14 heteroatoms. The number of imidazole rings is 1. The Bertz CT molecular complexity index is 2580. The van der Waals surface area contributed by atoms with Gasteiger partial charge in [0.25, 0.3) is 0 Å². The number of halogens is 6. The largest absolute Gasteiger partial charge is 0.364 e. The van der Waals surface area contributed by atoms with Crippen LogP contribution in [0.15, 0.2) is 97.6 Å². The van der Waals surface area contributed by atoms with Gasteiger partial charge in [0, 0.05) is 57.2 Å². The normalized spacial score (nSPS) is 11.2. The van der Waals surface area contributed by atoms with Crippen LogP contribution in [0.5, 0.6) is 0 Å². The molecule has 0 amide bonds. The lowest BCUT2D eigenvalue weighted by Gasteiger charge is -2.14. The number of fused-ring (bicyclic) bond motifs is 3. The minimum atomic E-state index is -0.950. The van der Waals surface area contributed by atoms with Gasteiger partial charge in [0.05, 0.1) is 28.7 Å². The molecule has 254 valence electrons. The van der Waals surface area contributed by atoms with Crippen molar-refractivity contribution in [3.8, 4) is 22.5 Å². The molecule has 0 aliphatic rings. The first-order chi connectivity index (χ1) is 24.7. The average molecular weight is 728 g/mol. The SMILES string of the molecule is Fc1cc2cc(CNc3ncnc4nc[nH]c34)c(-c3ccccc3Cl)nc2cc1F.NCc1cc2cc(F)c(F)cc2nc1-c1ccccc1Cl. The molecule has 0 bridgehead atoms. The Labute approximate surface area is 297 Å². The maximum atomic E-state index is 13.8. The first kappa shape index (κ1) is 33.8. The fraction of sp³-hybridized carbons (Fsp3) is 0.0541. The Morgan fingerprint density at radius 1 is 0.647 bits per heavy atom. The fourth-order valence-electron chi connectivity index (χ4n) is 5.57. The van der Waals surface area contributed by atoms with Crippen LogP contribution in [0, 0.1) is 23.3 Å². The van der Waals surface area contributed by atoms with Gasteiger partial charge in [0.1, 0.15) is 11.8 Å². The van der Waals surface area contributed by atoms with Crippen molar-refractivity contribution in [1.82, 2.24) is 29.9 Å². The number of nitrogens with zero attached hydrogens (tertiary/aromatic N) is 5. The van der Waals surface area contributed by atoms with Gasteiger partial charge in [0.15, 0.2) is 34.7 Å². The molecular formula is C37H24Cl2F4N8. The molecule has 51 heavy (non-hydrogen) atoms. The number of anilines is 1. The lowest BCUT2D eigenvalue weighted by Crippen LogP contribution is -2.06. The van der Waals surface area contributed by atoms with Crippen molar-refractivity contribution in [1.29, 1.82) is 0 Å². The number of H-pyrrole nitrogens is 1. The van der Waals surface area contributed by atoms with Crippen molar-refractivity contribution in [2.24, 2.45) is 5.73 Å². The summed E-state index contributed by atoms with van der Waals surface area (Å²) in [5.41, 5.74) is 11.7. The van der Waals surface area contributed by atoms with Crippen LogP contribution in [0.25, 0.3) is 55.5 Å². The second kappa shape index (κ2) is 14.3. The molecule has 0 atom stereocenters. The molecule has 0 saturated carbocycles. The number of nitrogens with two attached hydrogens (primary N) is 1. The smallest absolute Gasteiger partial charge is 0.182 e. The van der Waals surface area contributed by atoms with Gasteiger partial charge >= 0.3 is 0 Å². The minimum absolute atomic E-state index is 0.225. The van der Waals surface area contributed by atoms with Crippen LogP contribution in [0.1, 0.15) is 11.1 Å². The van der Waals surface area contributed by atoms with Crippen LogP contribution in [0.2, 0.25) is 10.0 Å². The molecule has 4 N–H and O–H groups in total. The summed E-state index contributed by atoms with van der Waals surface area (Å²) in [4.78, 5) is 24.5. The summed E-state index contributed by atoms with van der Waals surface area (Å²) in [5.74, 6) is -3.15. The summed E-state index contributed by atoms with van der Waals surface area (Å²) in [6, 6.07) is 22.3. The first-order valence-electron chi connectivity index (χ1n) is 15.4. The van der Waals surface area contributed by atoms with Gasteiger partial charge in [-0.15, -0.1) is 0 Å². The molecule has 0 radical (unpaired) electrons. The van der Waals surface area contributed by atoms with Gasteiger partial charge in [-0.2, -0.15) is 0 Å². The van der Waals surface area contributed by atoms with Crippen LogP contribution >= 0.6 is 23.2 Å². The third kappa shape index (κ3) is 6.89. The van der Waals surface area contributed by atoms with E-state index in [4.69, 9.17) is 28.9 Å². The Morgan fingerprint density at radius 2 is 1.18 bits per heavy atom. The summed E-state index contributed by atoms with van der Waals surface area (Å²) < 4.78 is 54.3. The topological polar surface area (TPSA) is 118 Å². The number of benzene rings is 4. The molecule has 4 heterocycles. The Morgan fingerprint density at radius 3 is 1.75 bits per heavy atom. The molecule has 0 unspecified atom stereocenters. The van der Waals surface area contributed by atoms with Crippen molar-refractivity contribution >= 4 is 62.0 Å². The molecule has 8 nitrogen and oxygen atoms in total. The molecule has 4 aromatic carbocycles. The van der Waals surface area contributed by atoms with Gasteiger partial charge in [-0.25, -0.2) is 42.5 Å². The van der Waals surface area contributed by atoms with Gasteiger partial charge in [-0.3, -0.25) is 0 Å². The maximum Gasteiger partial charge on any atom is 0.182 e. The van der Waals surface area contributed by atoms with Crippen molar-refractivity contribution in [2.75, 3.05) is 5.32 Å². The van der Waals surface area contributed by atoms with Gasteiger partial charge in [-0.1, -0.05) is 59.6 Å². The number of aromatic amines is 1. The van der Waals surface area contributed by atoms with Crippen molar-refractivity contribution < 1.29 is 17.6 Å². The number of hydrogen-bond acceptors (Lipinski definition) is 7. The molecule has 0 aliphatic heterocycles. The second-order valence-electron chi connectivity index (χ2n) is 11.3. The Balaban J connectivity index is 0.000000170. The van der Waals surface area contributed by atoms with E-state index in [-0.39, 0.29) is 6.54 Å². The van der Waals surface area contributed by atoms with E-state index in [2.05, 4.69) is 35.2 Å². The highest BCUT2D eigenvalue weighted by Gasteiger charge is 2.16. The number of rotatable bonds is 6. The molecule has 4 aromatic heterocycles. The molecule has 8 aromatic rings. The first-order valence-corrected chi connectivity index (χ1v) is 16.1. The van der Waals surface area contributed by atoms with E-state index in [0.29, 0.717) is 77.9 Å². The average Bonchev–Trinajstić information content (AvgIpc) is 3.62. The lowest BCUT2D eigenvalue weighted by molar-refractivity contribution is 0.510. The third-order valence-electron chi connectivity index (χ3n) is 8.02. The Hall–Kier alpha value is -5.69. The van der Waals surface area contributed by atoms with Gasteiger partial charge < -0.3 is 16.0 Å². The minimum Gasteiger partial charge on any atom is -0.364 e. The summed E-state index contributed by atoms with van der Waals surface area (Å²) in [6.45, 7) is 0.538. The van der Waals surface area contributed by atoms with Crippen molar-refractivity contribution in [3.63, 3.8) is 0 Å². The predicted octanol–water partition coefficient (Wildman–Crippen LogP) is 9.40. The number of pyridine rings is 2. The monoisotopic (exact) mass is 726 g/mol. The quantitative estimate of drug-likeness (QED) is 0.146. The van der Waals surface area contributed by atoms with Gasteiger partial charge in [0.2, 0.25) is 0 Å². The van der Waals surface area contributed by atoms with E-state index in [0.717, 1.165) is 35.4 Å². The Kier molecular flexibility index (Phi) is 9.46. The molecule has 0 spiro atoms. The highest BCUT2D eigenvalue weighted by atomic mass is 35.5. The summed E-state index contributed by atoms with van der Waals surface area (Å²) in [7, 11) is 0. The molecule has 0 saturated heterocycles. The standard InChI is InChI=1S/C21H13ClF2N6.C16H11ClF2N2/c22-14-4-2-1-3-13(14)18-12(5-11-6-15(23)16(24)7-17(11)30-18)8-25-20-19-21(27-9-26-19)29-10-28-20;17-12-4-2-1-3-11(12)16-10(8-20)5-9-6-13(18)14(19)7-15(9)21-16/h1-7,9-10H,8H2,(H2,25,26,27,28,29);1-7H,8,20H2. The molecular weight excluding hydrogens is 703 g/mol. The van der Waals surface area contributed by atoms with Crippen LogP contribution in [0.3, 0.4) is 0 Å². The van der Waals surface area contributed by atoms with Crippen LogP contribution < -0.4 is 11.1 Å². The number of aromatic nitrogens is 6. The third-order valence-corrected chi connectivity index (χ3v) is 8.68. The summed E-state index contributed by atoms with van der Waals surface area (Å²) in [5, 5.41) is 5.26. The van der Waals surface area contributed by atoms with E-state index in [1.807, 2.05) is 36.4 Å². The van der Waals surface area contributed by atoms with E-state index < -0.39 is 23.3 Å². The van der Waals surface area contributed by atoms with Gasteiger partial charge in [-0.05, 0) is 47.5 Å². The van der Waals surface area contributed by atoms with E-state index >= 15 is 0 Å². The fourth-order valence-corrected chi connectivity index (χ4v) is 6.02. The van der Waals surface area contributed by atoms with Crippen LogP contribution in [-0.2, 0) is 13.1 Å². The molecule has 8 rings (SSSR count). The number of hydrogen-bond donors (Lipinski definition) is 3. The van der Waals surface area contributed by atoms with Crippen molar-refractivity contribution in [3.05, 3.63) is 142 Å². The zero-order chi connectivity index (χ0) is 35.6. The van der Waals surface area contributed by atoms with Crippen molar-refractivity contribution in [2.45, 2.75) is 13.1 Å². The maximum absolute atomic E-state index is 13.8.